The molecule has 84 valence electrons. The van der Waals surface area contributed by atoms with Crippen LogP contribution in [-0.4, -0.2) is 15.1 Å². The van der Waals surface area contributed by atoms with E-state index in [0.29, 0.717) is 17.3 Å². The second-order valence-electron chi connectivity index (χ2n) is 3.16. The summed E-state index contributed by atoms with van der Waals surface area (Å²) in [6.07, 6.45) is 4.13. The molecule has 0 saturated heterocycles. The van der Waals surface area contributed by atoms with Gasteiger partial charge in [0, 0.05) is 17.5 Å². The van der Waals surface area contributed by atoms with Crippen molar-refractivity contribution in [2.45, 2.75) is 24.0 Å². The summed E-state index contributed by atoms with van der Waals surface area (Å²) in [5.41, 5.74) is 6.44. The number of hydrogen-bond donors (Lipinski definition) is 1. The molecule has 0 saturated carbocycles. The molecule has 0 amide bonds. The zero-order valence-corrected chi connectivity index (χ0v) is 9.70. The minimum Gasteiger partial charge on any atom is -0.397 e. The molecular weight excluding hydrogens is 224 g/mol. The molecule has 0 aliphatic heterocycles. The van der Waals surface area contributed by atoms with Gasteiger partial charge >= 0.3 is 0 Å². The molecule has 0 radical (unpaired) electrons. The highest BCUT2D eigenvalue weighted by molar-refractivity contribution is 7.98. The minimum atomic E-state index is 0.623. The highest BCUT2D eigenvalue weighted by Gasteiger charge is 2.06. The number of hydrogen-bond acceptors (Lipinski definition) is 6. The maximum atomic E-state index is 5.77. The largest absolute Gasteiger partial charge is 0.397 e. The zero-order valence-electron chi connectivity index (χ0n) is 8.88. The summed E-state index contributed by atoms with van der Waals surface area (Å²) in [4.78, 5) is 9.12. The van der Waals surface area contributed by atoms with Crippen molar-refractivity contribution >= 4 is 17.4 Å². The molecule has 5 nitrogen and oxygen atoms in total. The first-order chi connectivity index (χ1) is 7.79. The number of rotatable bonds is 4. The molecule has 0 aliphatic carbocycles. The lowest BCUT2D eigenvalue weighted by Gasteiger charge is -2.01. The van der Waals surface area contributed by atoms with Crippen molar-refractivity contribution in [3.05, 3.63) is 30.2 Å². The van der Waals surface area contributed by atoms with Crippen LogP contribution in [-0.2, 0) is 12.2 Å². The van der Waals surface area contributed by atoms with E-state index in [1.54, 1.807) is 24.2 Å². The van der Waals surface area contributed by atoms with Crippen LogP contribution in [0.2, 0.25) is 0 Å². The van der Waals surface area contributed by atoms with Crippen LogP contribution < -0.4 is 5.73 Å². The fourth-order valence-corrected chi connectivity index (χ4v) is 1.93. The number of nitrogen functional groups attached to an aromatic ring is 1. The molecule has 2 N–H and O–H groups in total. The van der Waals surface area contributed by atoms with Crippen LogP contribution in [0.3, 0.4) is 0 Å². The van der Waals surface area contributed by atoms with Crippen LogP contribution in [0.4, 0.5) is 5.69 Å². The Hall–Kier alpha value is -1.56. The van der Waals surface area contributed by atoms with Crippen molar-refractivity contribution in [2.24, 2.45) is 0 Å². The van der Waals surface area contributed by atoms with Gasteiger partial charge in [0.1, 0.15) is 0 Å². The number of nitrogens with zero attached hydrogens (tertiary/aromatic N) is 3. The van der Waals surface area contributed by atoms with Crippen LogP contribution in [0.15, 0.2) is 27.9 Å². The first-order valence-electron chi connectivity index (χ1n) is 4.93. The van der Waals surface area contributed by atoms with Crippen molar-refractivity contribution in [2.75, 3.05) is 5.73 Å². The van der Waals surface area contributed by atoms with E-state index in [4.69, 9.17) is 10.3 Å². The summed E-state index contributed by atoms with van der Waals surface area (Å²) in [6.45, 7) is 1.99. The van der Waals surface area contributed by atoms with E-state index in [9.17, 15) is 0 Å². The van der Waals surface area contributed by atoms with Crippen LogP contribution in [0.1, 0.15) is 18.6 Å². The maximum absolute atomic E-state index is 5.77. The van der Waals surface area contributed by atoms with Gasteiger partial charge in [-0.25, -0.2) is 0 Å². The lowest BCUT2D eigenvalue weighted by atomic mass is 10.4. The SMILES string of the molecule is CCc1noc(CSc2ccncc2N)n1. The lowest BCUT2D eigenvalue weighted by Crippen LogP contribution is -1.90. The summed E-state index contributed by atoms with van der Waals surface area (Å²) in [7, 11) is 0. The molecule has 2 aromatic heterocycles. The summed E-state index contributed by atoms with van der Waals surface area (Å²) in [5.74, 6) is 1.98. The summed E-state index contributed by atoms with van der Waals surface area (Å²) in [5, 5.41) is 3.83. The number of thioether (sulfide) groups is 1. The molecule has 0 spiro atoms. The second-order valence-corrected chi connectivity index (χ2v) is 4.18. The number of anilines is 1. The topological polar surface area (TPSA) is 77.8 Å². The predicted molar refractivity (Wildman–Crippen MR) is 61.9 cm³/mol. The van der Waals surface area contributed by atoms with Gasteiger partial charge in [0.25, 0.3) is 0 Å². The van der Waals surface area contributed by atoms with Gasteiger partial charge in [-0.15, -0.1) is 11.8 Å². The Morgan fingerprint density at radius 2 is 2.38 bits per heavy atom. The van der Waals surface area contributed by atoms with Crippen molar-refractivity contribution in [1.82, 2.24) is 15.1 Å². The van der Waals surface area contributed by atoms with Gasteiger partial charge in [0.2, 0.25) is 5.89 Å². The van der Waals surface area contributed by atoms with E-state index in [2.05, 4.69) is 15.1 Å². The highest BCUT2D eigenvalue weighted by atomic mass is 32.2. The fraction of sp³-hybridized carbons (Fsp3) is 0.300. The Labute approximate surface area is 97.5 Å². The molecule has 2 aromatic rings. The average molecular weight is 236 g/mol. The van der Waals surface area contributed by atoms with Gasteiger partial charge in [-0.3, -0.25) is 4.98 Å². The summed E-state index contributed by atoms with van der Waals surface area (Å²) < 4.78 is 5.08. The van der Waals surface area contributed by atoms with E-state index >= 15 is 0 Å². The molecule has 0 unspecified atom stereocenters. The standard InChI is InChI=1S/C10H12N4OS/c1-2-9-13-10(15-14-9)6-16-8-3-4-12-5-7(8)11/h3-5H,2,6,11H2,1H3. The van der Waals surface area contributed by atoms with E-state index < -0.39 is 0 Å². The highest BCUT2D eigenvalue weighted by Crippen LogP contribution is 2.26. The van der Waals surface area contributed by atoms with E-state index in [-0.39, 0.29) is 0 Å². The van der Waals surface area contributed by atoms with Gasteiger partial charge < -0.3 is 10.3 Å². The van der Waals surface area contributed by atoms with E-state index in [1.165, 1.54) is 0 Å². The van der Waals surface area contributed by atoms with Crippen molar-refractivity contribution < 1.29 is 4.52 Å². The zero-order chi connectivity index (χ0) is 11.4. The molecular formula is C10H12N4OS. The van der Waals surface area contributed by atoms with Crippen LogP contribution >= 0.6 is 11.8 Å². The first-order valence-corrected chi connectivity index (χ1v) is 5.92. The third kappa shape index (κ3) is 2.52. The molecule has 6 heteroatoms. The lowest BCUT2D eigenvalue weighted by molar-refractivity contribution is 0.385. The monoisotopic (exact) mass is 236 g/mol. The molecule has 0 fully saturated rings. The van der Waals surface area contributed by atoms with Crippen molar-refractivity contribution in [3.63, 3.8) is 0 Å². The molecule has 2 rings (SSSR count). The van der Waals surface area contributed by atoms with Crippen LogP contribution in [0.5, 0.6) is 0 Å². The Balaban J connectivity index is 1.99. The van der Waals surface area contributed by atoms with E-state index in [1.807, 2.05) is 13.0 Å². The maximum Gasteiger partial charge on any atom is 0.237 e. The molecule has 0 bridgehead atoms. The van der Waals surface area contributed by atoms with Gasteiger partial charge in [-0.05, 0) is 6.07 Å². The fourth-order valence-electron chi connectivity index (χ4n) is 1.16. The predicted octanol–water partition coefficient (Wildman–Crippen LogP) is 1.90. The Bertz CT molecular complexity index is 471. The molecule has 0 aliphatic rings. The molecule has 0 aromatic carbocycles. The summed E-state index contributed by atoms with van der Waals surface area (Å²) >= 11 is 1.56. The average Bonchev–Trinajstić information content (AvgIpc) is 2.76. The second kappa shape index (κ2) is 4.98. The van der Waals surface area contributed by atoms with Gasteiger partial charge in [0.05, 0.1) is 17.6 Å². The normalized spacial score (nSPS) is 10.6. The Morgan fingerprint density at radius 3 is 3.06 bits per heavy atom. The molecule has 16 heavy (non-hydrogen) atoms. The smallest absolute Gasteiger partial charge is 0.237 e. The van der Waals surface area contributed by atoms with Gasteiger partial charge in [-0.1, -0.05) is 12.1 Å². The number of aryl methyl sites for hydroxylation is 1. The van der Waals surface area contributed by atoms with Crippen LogP contribution in [0.25, 0.3) is 0 Å². The minimum absolute atomic E-state index is 0.623. The van der Waals surface area contributed by atoms with Gasteiger partial charge in [0.15, 0.2) is 5.82 Å². The molecule has 2 heterocycles. The third-order valence-corrected chi connectivity index (χ3v) is 3.06. The number of nitrogens with two attached hydrogens (primary N) is 1. The Kier molecular flexibility index (Phi) is 3.40. The van der Waals surface area contributed by atoms with Crippen LogP contribution in [0, 0.1) is 0 Å². The summed E-state index contributed by atoms with van der Waals surface area (Å²) in [6, 6.07) is 1.87. The van der Waals surface area contributed by atoms with Gasteiger partial charge in [-0.2, -0.15) is 4.98 Å². The number of pyridine rings is 1. The number of aromatic nitrogens is 3. The first kappa shape index (κ1) is 10.9. The van der Waals surface area contributed by atoms with E-state index in [0.717, 1.165) is 17.1 Å². The Morgan fingerprint density at radius 1 is 1.50 bits per heavy atom. The molecule has 0 atom stereocenters. The van der Waals surface area contributed by atoms with Crippen molar-refractivity contribution in [3.8, 4) is 0 Å². The quantitative estimate of drug-likeness (QED) is 0.817. The third-order valence-electron chi connectivity index (χ3n) is 1.99. The van der Waals surface area contributed by atoms with Crippen molar-refractivity contribution in [1.29, 1.82) is 0 Å².